The largest absolute Gasteiger partial charge is 0.393 e. The van der Waals surface area contributed by atoms with Crippen molar-refractivity contribution in [2.75, 3.05) is 6.61 Å². The highest BCUT2D eigenvalue weighted by molar-refractivity contribution is 5.21. The first-order chi connectivity index (χ1) is 5.17. The minimum absolute atomic E-state index is 0.475. The summed E-state index contributed by atoms with van der Waals surface area (Å²) in [4.78, 5) is 0. The fraction of sp³-hybridized carbons (Fsp3) is 0.333. The van der Waals surface area contributed by atoms with E-state index in [9.17, 15) is 4.39 Å². The van der Waals surface area contributed by atoms with E-state index < -0.39 is 12.3 Å². The van der Waals surface area contributed by atoms with E-state index in [0.29, 0.717) is 5.56 Å². The second-order valence-corrected chi connectivity index (χ2v) is 2.72. The molecule has 0 radical (unpaired) electrons. The number of hydrogen-bond donors (Lipinski definition) is 1. The Morgan fingerprint density at radius 1 is 1.36 bits per heavy atom. The SMILES string of the molecule is C[C@@](F)(CO)c1ccccc1. The molecule has 2 heteroatoms. The van der Waals surface area contributed by atoms with Crippen LogP contribution in [0.15, 0.2) is 30.3 Å². The van der Waals surface area contributed by atoms with E-state index >= 15 is 0 Å². The van der Waals surface area contributed by atoms with Gasteiger partial charge in [0, 0.05) is 0 Å². The minimum atomic E-state index is -1.61. The predicted molar refractivity (Wildman–Crippen MR) is 42.0 cm³/mol. The van der Waals surface area contributed by atoms with Gasteiger partial charge in [0.15, 0.2) is 5.67 Å². The van der Waals surface area contributed by atoms with E-state index in [1.165, 1.54) is 6.92 Å². The van der Waals surface area contributed by atoms with E-state index in [-0.39, 0.29) is 0 Å². The Labute approximate surface area is 65.5 Å². The van der Waals surface area contributed by atoms with Crippen molar-refractivity contribution >= 4 is 0 Å². The van der Waals surface area contributed by atoms with E-state index in [0.717, 1.165) is 0 Å². The molecule has 0 amide bonds. The van der Waals surface area contributed by atoms with E-state index in [1.54, 1.807) is 24.3 Å². The van der Waals surface area contributed by atoms with Crippen LogP contribution in [-0.2, 0) is 5.67 Å². The quantitative estimate of drug-likeness (QED) is 0.689. The summed E-state index contributed by atoms with van der Waals surface area (Å²) in [6.45, 7) is 0.888. The third kappa shape index (κ3) is 1.77. The lowest BCUT2D eigenvalue weighted by Gasteiger charge is -2.16. The summed E-state index contributed by atoms with van der Waals surface area (Å²) in [6, 6.07) is 8.65. The molecule has 0 unspecified atom stereocenters. The Bertz CT molecular complexity index is 218. The van der Waals surface area contributed by atoms with Crippen LogP contribution >= 0.6 is 0 Å². The molecule has 1 N–H and O–H groups in total. The molecule has 0 spiro atoms. The summed E-state index contributed by atoms with van der Waals surface area (Å²) >= 11 is 0. The molecule has 0 aromatic heterocycles. The molecular formula is C9H11FO. The number of rotatable bonds is 2. The topological polar surface area (TPSA) is 20.2 Å². The molecular weight excluding hydrogens is 143 g/mol. The van der Waals surface area contributed by atoms with Crippen molar-refractivity contribution in [2.24, 2.45) is 0 Å². The summed E-state index contributed by atoms with van der Waals surface area (Å²) in [5.41, 5.74) is -1.09. The van der Waals surface area contributed by atoms with Crippen molar-refractivity contribution in [2.45, 2.75) is 12.6 Å². The highest BCUT2D eigenvalue weighted by Gasteiger charge is 2.23. The molecule has 11 heavy (non-hydrogen) atoms. The zero-order chi connectivity index (χ0) is 8.32. The summed E-state index contributed by atoms with van der Waals surface area (Å²) < 4.78 is 13.3. The van der Waals surface area contributed by atoms with Crippen LogP contribution in [0, 0.1) is 0 Å². The van der Waals surface area contributed by atoms with Gasteiger partial charge in [0.25, 0.3) is 0 Å². The molecule has 60 valence electrons. The summed E-state index contributed by atoms with van der Waals surface area (Å²) in [5.74, 6) is 0. The average molecular weight is 154 g/mol. The Balaban J connectivity index is 2.93. The smallest absolute Gasteiger partial charge is 0.156 e. The van der Waals surface area contributed by atoms with Crippen LogP contribution < -0.4 is 0 Å². The Kier molecular flexibility index (Phi) is 2.25. The fourth-order valence-corrected chi connectivity index (χ4v) is 0.877. The van der Waals surface area contributed by atoms with Gasteiger partial charge in [-0.15, -0.1) is 0 Å². The molecule has 0 aliphatic carbocycles. The normalized spacial score (nSPS) is 15.9. The fourth-order valence-electron chi connectivity index (χ4n) is 0.877. The van der Waals surface area contributed by atoms with Gasteiger partial charge in [-0.05, 0) is 12.5 Å². The lowest BCUT2D eigenvalue weighted by molar-refractivity contribution is 0.0868. The highest BCUT2D eigenvalue weighted by atomic mass is 19.1. The number of benzene rings is 1. The number of aliphatic hydroxyl groups is 1. The molecule has 0 aliphatic rings. The molecule has 0 fully saturated rings. The maximum atomic E-state index is 13.3. The predicted octanol–water partition coefficient (Wildman–Crippen LogP) is 1.86. The molecule has 0 saturated heterocycles. The van der Waals surface area contributed by atoms with Crippen LogP contribution in [0.5, 0.6) is 0 Å². The van der Waals surface area contributed by atoms with Crippen LogP contribution in [0.25, 0.3) is 0 Å². The van der Waals surface area contributed by atoms with Gasteiger partial charge in [0.05, 0.1) is 6.61 Å². The molecule has 0 saturated carbocycles. The Hall–Kier alpha value is -0.890. The number of hydrogen-bond acceptors (Lipinski definition) is 1. The average Bonchev–Trinajstić information content (AvgIpc) is 2.06. The zero-order valence-electron chi connectivity index (χ0n) is 6.42. The standard InChI is InChI=1S/C9H11FO/c1-9(10,7-11)8-5-3-2-4-6-8/h2-6,11H,7H2,1H3/t9-/m1/s1. The van der Waals surface area contributed by atoms with Crippen molar-refractivity contribution in [1.29, 1.82) is 0 Å². The summed E-state index contributed by atoms with van der Waals surface area (Å²) in [6.07, 6.45) is 0. The zero-order valence-corrected chi connectivity index (χ0v) is 6.42. The van der Waals surface area contributed by atoms with Gasteiger partial charge < -0.3 is 5.11 Å². The minimum Gasteiger partial charge on any atom is -0.393 e. The number of aliphatic hydroxyl groups excluding tert-OH is 1. The molecule has 0 heterocycles. The maximum Gasteiger partial charge on any atom is 0.156 e. The van der Waals surface area contributed by atoms with Gasteiger partial charge in [-0.2, -0.15) is 0 Å². The monoisotopic (exact) mass is 154 g/mol. The first-order valence-electron chi connectivity index (χ1n) is 3.52. The van der Waals surface area contributed by atoms with E-state index in [1.807, 2.05) is 6.07 Å². The van der Waals surface area contributed by atoms with Crippen LogP contribution in [0.2, 0.25) is 0 Å². The second-order valence-electron chi connectivity index (χ2n) is 2.72. The molecule has 1 aromatic rings. The Morgan fingerprint density at radius 2 is 1.91 bits per heavy atom. The third-order valence-electron chi connectivity index (χ3n) is 1.67. The number of halogens is 1. The third-order valence-corrected chi connectivity index (χ3v) is 1.67. The first-order valence-corrected chi connectivity index (χ1v) is 3.52. The van der Waals surface area contributed by atoms with Gasteiger partial charge in [-0.1, -0.05) is 30.3 Å². The van der Waals surface area contributed by atoms with Gasteiger partial charge in [-0.3, -0.25) is 0 Å². The highest BCUT2D eigenvalue weighted by Crippen LogP contribution is 2.23. The van der Waals surface area contributed by atoms with Crippen LogP contribution in [-0.4, -0.2) is 11.7 Å². The maximum absolute atomic E-state index is 13.3. The number of alkyl halides is 1. The van der Waals surface area contributed by atoms with Crippen molar-refractivity contribution in [3.05, 3.63) is 35.9 Å². The van der Waals surface area contributed by atoms with Crippen molar-refractivity contribution in [3.63, 3.8) is 0 Å². The van der Waals surface area contributed by atoms with Gasteiger partial charge >= 0.3 is 0 Å². The molecule has 1 aromatic carbocycles. The van der Waals surface area contributed by atoms with E-state index in [4.69, 9.17) is 5.11 Å². The van der Waals surface area contributed by atoms with Crippen LogP contribution in [0.4, 0.5) is 4.39 Å². The lowest BCUT2D eigenvalue weighted by Crippen LogP contribution is -2.19. The first kappa shape index (κ1) is 8.21. The van der Waals surface area contributed by atoms with E-state index in [2.05, 4.69) is 0 Å². The summed E-state index contributed by atoms with van der Waals surface area (Å²) in [7, 11) is 0. The van der Waals surface area contributed by atoms with Crippen molar-refractivity contribution < 1.29 is 9.50 Å². The molecule has 1 nitrogen and oxygen atoms in total. The molecule has 1 atom stereocenters. The lowest BCUT2D eigenvalue weighted by atomic mass is 9.99. The summed E-state index contributed by atoms with van der Waals surface area (Å²) in [5, 5.41) is 8.67. The molecule has 0 aliphatic heterocycles. The molecule has 1 rings (SSSR count). The Morgan fingerprint density at radius 3 is 2.36 bits per heavy atom. The van der Waals surface area contributed by atoms with Crippen LogP contribution in [0.3, 0.4) is 0 Å². The van der Waals surface area contributed by atoms with Crippen LogP contribution in [0.1, 0.15) is 12.5 Å². The van der Waals surface area contributed by atoms with Gasteiger partial charge in [0.1, 0.15) is 0 Å². The van der Waals surface area contributed by atoms with Crippen molar-refractivity contribution in [1.82, 2.24) is 0 Å². The van der Waals surface area contributed by atoms with Gasteiger partial charge in [-0.25, -0.2) is 4.39 Å². The second kappa shape index (κ2) is 3.01. The van der Waals surface area contributed by atoms with Crippen molar-refractivity contribution in [3.8, 4) is 0 Å². The molecule has 0 bridgehead atoms. The van der Waals surface area contributed by atoms with Gasteiger partial charge in [0.2, 0.25) is 0 Å².